The number of amides is 1. The highest BCUT2D eigenvalue weighted by molar-refractivity contribution is 6.30. The highest BCUT2D eigenvalue weighted by atomic mass is 35.5. The van der Waals surface area contributed by atoms with Gasteiger partial charge in [0, 0.05) is 11.2 Å². The van der Waals surface area contributed by atoms with Crippen LogP contribution in [0, 0.1) is 6.92 Å². The fraction of sp³-hybridized carbons (Fsp3) is 0.214. The van der Waals surface area contributed by atoms with Gasteiger partial charge in [-0.25, -0.2) is 4.98 Å². The number of benzene rings is 1. The Bertz CT molecular complexity index is 566. The van der Waals surface area contributed by atoms with Crippen LogP contribution >= 0.6 is 11.6 Å². The van der Waals surface area contributed by atoms with Crippen LogP contribution in [0.25, 0.3) is 0 Å². The van der Waals surface area contributed by atoms with Gasteiger partial charge in [0.15, 0.2) is 0 Å². The topological polar surface area (TPSA) is 54.9 Å². The number of nitrogens with zero attached hydrogens (tertiary/aromatic N) is 2. The van der Waals surface area contributed by atoms with Crippen LogP contribution in [0.15, 0.2) is 36.7 Å². The molecule has 0 saturated carbocycles. The van der Waals surface area contributed by atoms with Crippen molar-refractivity contribution in [2.75, 3.05) is 0 Å². The van der Waals surface area contributed by atoms with E-state index < -0.39 is 0 Å². The second kappa shape index (κ2) is 5.80. The standard InChI is InChI=1S/C14H14ClN3O/c1-9-7-17-13(8-16-9)14(19)18-10(2)11-3-5-12(15)6-4-11/h3-8,10H,1-2H3,(H,18,19). The van der Waals surface area contributed by atoms with E-state index in [4.69, 9.17) is 11.6 Å². The van der Waals surface area contributed by atoms with Gasteiger partial charge in [-0.1, -0.05) is 23.7 Å². The molecule has 1 atom stereocenters. The Kier molecular flexibility index (Phi) is 4.12. The smallest absolute Gasteiger partial charge is 0.271 e. The summed E-state index contributed by atoms with van der Waals surface area (Å²) in [6.07, 6.45) is 3.04. The van der Waals surface area contributed by atoms with E-state index in [0.29, 0.717) is 10.7 Å². The largest absolute Gasteiger partial charge is 0.344 e. The molecule has 0 radical (unpaired) electrons. The van der Waals surface area contributed by atoms with Gasteiger partial charge in [-0.2, -0.15) is 0 Å². The van der Waals surface area contributed by atoms with E-state index in [-0.39, 0.29) is 11.9 Å². The summed E-state index contributed by atoms with van der Waals surface area (Å²) in [5.41, 5.74) is 2.08. The van der Waals surface area contributed by atoms with E-state index in [2.05, 4.69) is 15.3 Å². The Morgan fingerprint density at radius 1 is 1.21 bits per heavy atom. The van der Waals surface area contributed by atoms with Gasteiger partial charge in [0.1, 0.15) is 5.69 Å². The fourth-order valence-electron chi connectivity index (χ4n) is 1.62. The number of hydrogen-bond donors (Lipinski definition) is 1. The molecule has 1 N–H and O–H groups in total. The molecule has 19 heavy (non-hydrogen) atoms. The maximum absolute atomic E-state index is 12.0. The van der Waals surface area contributed by atoms with E-state index in [9.17, 15) is 4.79 Å². The van der Waals surface area contributed by atoms with Crippen molar-refractivity contribution in [1.82, 2.24) is 15.3 Å². The molecule has 4 nitrogen and oxygen atoms in total. The first-order chi connectivity index (χ1) is 9.06. The molecule has 2 aromatic rings. The predicted molar refractivity (Wildman–Crippen MR) is 74.1 cm³/mol. The maximum Gasteiger partial charge on any atom is 0.271 e. The molecule has 5 heteroatoms. The number of carbonyl (C=O) groups excluding carboxylic acids is 1. The monoisotopic (exact) mass is 275 g/mol. The van der Waals surface area contributed by atoms with Crippen molar-refractivity contribution in [3.05, 3.63) is 58.6 Å². The van der Waals surface area contributed by atoms with Gasteiger partial charge in [0.05, 0.1) is 17.9 Å². The van der Waals surface area contributed by atoms with Crippen molar-refractivity contribution in [2.24, 2.45) is 0 Å². The first-order valence-electron chi connectivity index (χ1n) is 5.91. The van der Waals surface area contributed by atoms with Crippen LogP contribution in [0.2, 0.25) is 5.02 Å². The van der Waals surface area contributed by atoms with E-state index in [0.717, 1.165) is 11.3 Å². The van der Waals surface area contributed by atoms with Crippen molar-refractivity contribution < 1.29 is 4.79 Å². The minimum Gasteiger partial charge on any atom is -0.344 e. The zero-order valence-electron chi connectivity index (χ0n) is 10.7. The summed E-state index contributed by atoms with van der Waals surface area (Å²) in [6, 6.07) is 7.24. The summed E-state index contributed by atoms with van der Waals surface area (Å²) in [5.74, 6) is -0.241. The maximum atomic E-state index is 12.0. The average Bonchev–Trinajstić information content (AvgIpc) is 2.40. The fourth-order valence-corrected chi connectivity index (χ4v) is 1.74. The second-order valence-electron chi connectivity index (χ2n) is 4.29. The summed E-state index contributed by atoms with van der Waals surface area (Å²) in [6.45, 7) is 3.73. The summed E-state index contributed by atoms with van der Waals surface area (Å²) in [4.78, 5) is 20.1. The van der Waals surface area contributed by atoms with Crippen molar-refractivity contribution in [2.45, 2.75) is 19.9 Å². The van der Waals surface area contributed by atoms with Gasteiger partial charge in [0.2, 0.25) is 0 Å². The Morgan fingerprint density at radius 2 is 1.89 bits per heavy atom. The van der Waals surface area contributed by atoms with Crippen LogP contribution in [0.3, 0.4) is 0 Å². The van der Waals surface area contributed by atoms with Crippen LogP contribution in [0.4, 0.5) is 0 Å². The van der Waals surface area contributed by atoms with Crippen LogP contribution in [0.5, 0.6) is 0 Å². The number of nitrogens with one attached hydrogen (secondary N) is 1. The van der Waals surface area contributed by atoms with E-state index in [1.807, 2.05) is 26.0 Å². The Morgan fingerprint density at radius 3 is 2.47 bits per heavy atom. The van der Waals surface area contributed by atoms with Gasteiger partial charge in [-0.05, 0) is 31.5 Å². The number of halogens is 1. The van der Waals surface area contributed by atoms with Crippen LogP contribution in [-0.4, -0.2) is 15.9 Å². The minimum atomic E-state index is -0.241. The molecule has 0 aliphatic carbocycles. The van der Waals surface area contributed by atoms with Crippen molar-refractivity contribution in [1.29, 1.82) is 0 Å². The summed E-state index contributed by atoms with van der Waals surface area (Å²) in [5, 5.41) is 3.54. The Labute approximate surface area is 116 Å². The van der Waals surface area contributed by atoms with E-state index in [1.54, 1.807) is 18.3 Å². The predicted octanol–water partition coefficient (Wildman–Crippen LogP) is 2.93. The average molecular weight is 276 g/mol. The first kappa shape index (κ1) is 13.5. The van der Waals surface area contributed by atoms with Crippen molar-refractivity contribution in [3.8, 4) is 0 Å². The number of hydrogen-bond acceptors (Lipinski definition) is 3. The first-order valence-corrected chi connectivity index (χ1v) is 6.29. The van der Waals surface area contributed by atoms with E-state index in [1.165, 1.54) is 6.20 Å². The van der Waals surface area contributed by atoms with Gasteiger partial charge in [-0.3, -0.25) is 9.78 Å². The van der Waals surface area contributed by atoms with Gasteiger partial charge in [-0.15, -0.1) is 0 Å². The van der Waals surface area contributed by atoms with E-state index >= 15 is 0 Å². The van der Waals surface area contributed by atoms with Crippen LogP contribution < -0.4 is 5.32 Å². The lowest BCUT2D eigenvalue weighted by atomic mass is 10.1. The number of carbonyl (C=O) groups is 1. The molecular weight excluding hydrogens is 262 g/mol. The Hall–Kier alpha value is -1.94. The third-order valence-electron chi connectivity index (χ3n) is 2.73. The molecule has 1 amide bonds. The van der Waals surface area contributed by atoms with Gasteiger partial charge < -0.3 is 5.32 Å². The number of aromatic nitrogens is 2. The molecule has 0 aliphatic heterocycles. The summed E-state index contributed by atoms with van der Waals surface area (Å²) in [7, 11) is 0. The summed E-state index contributed by atoms with van der Waals surface area (Å²) >= 11 is 5.83. The van der Waals surface area contributed by atoms with Crippen LogP contribution in [0.1, 0.15) is 34.7 Å². The second-order valence-corrected chi connectivity index (χ2v) is 4.73. The molecule has 1 aromatic carbocycles. The quantitative estimate of drug-likeness (QED) is 0.937. The van der Waals surface area contributed by atoms with Crippen LogP contribution in [-0.2, 0) is 0 Å². The molecule has 0 aliphatic rings. The highest BCUT2D eigenvalue weighted by Gasteiger charge is 2.12. The molecule has 2 rings (SSSR count). The highest BCUT2D eigenvalue weighted by Crippen LogP contribution is 2.16. The SMILES string of the molecule is Cc1cnc(C(=O)NC(C)c2ccc(Cl)cc2)cn1. The molecule has 0 saturated heterocycles. The summed E-state index contributed by atoms with van der Waals surface area (Å²) < 4.78 is 0. The number of rotatable bonds is 3. The van der Waals surface area contributed by atoms with Crippen molar-refractivity contribution in [3.63, 3.8) is 0 Å². The zero-order chi connectivity index (χ0) is 13.8. The molecule has 1 heterocycles. The normalized spacial score (nSPS) is 11.9. The Balaban J connectivity index is 2.06. The zero-order valence-corrected chi connectivity index (χ0v) is 11.5. The molecule has 0 spiro atoms. The molecular formula is C14H14ClN3O. The lowest BCUT2D eigenvalue weighted by Gasteiger charge is -2.14. The molecule has 0 fully saturated rings. The lowest BCUT2D eigenvalue weighted by Crippen LogP contribution is -2.27. The third kappa shape index (κ3) is 3.51. The van der Waals surface area contributed by atoms with Crippen molar-refractivity contribution >= 4 is 17.5 Å². The molecule has 1 aromatic heterocycles. The number of aryl methyl sites for hydroxylation is 1. The third-order valence-corrected chi connectivity index (χ3v) is 2.98. The van der Waals surface area contributed by atoms with Gasteiger partial charge >= 0.3 is 0 Å². The molecule has 0 bridgehead atoms. The minimum absolute atomic E-state index is 0.118. The molecule has 1 unspecified atom stereocenters. The molecule has 98 valence electrons. The van der Waals surface area contributed by atoms with Gasteiger partial charge in [0.25, 0.3) is 5.91 Å². The lowest BCUT2D eigenvalue weighted by molar-refractivity contribution is 0.0934.